The van der Waals surface area contributed by atoms with Gasteiger partial charge in [0.15, 0.2) is 0 Å². The lowest BCUT2D eigenvalue weighted by Gasteiger charge is -2.30. The summed E-state index contributed by atoms with van der Waals surface area (Å²) in [7, 11) is 0. The summed E-state index contributed by atoms with van der Waals surface area (Å²) in [6.45, 7) is 1.33. The second-order valence-electron chi connectivity index (χ2n) is 6.16. The summed E-state index contributed by atoms with van der Waals surface area (Å²) < 4.78 is 0. The van der Waals surface area contributed by atoms with Gasteiger partial charge in [-0.25, -0.2) is 0 Å². The number of aliphatic carboxylic acids is 4. The first-order valence-corrected chi connectivity index (χ1v) is 8.26. The molecule has 0 spiro atoms. The first-order chi connectivity index (χ1) is 12.2. The second-order valence-corrected chi connectivity index (χ2v) is 6.16. The van der Waals surface area contributed by atoms with Crippen molar-refractivity contribution in [1.29, 1.82) is 0 Å². The van der Waals surface area contributed by atoms with Gasteiger partial charge in [-0.3, -0.25) is 33.9 Å². The van der Waals surface area contributed by atoms with Crippen molar-refractivity contribution in [2.24, 2.45) is 0 Å². The highest BCUT2D eigenvalue weighted by Crippen LogP contribution is 2.10. The van der Waals surface area contributed by atoms with Crippen molar-refractivity contribution in [1.82, 2.24) is 14.7 Å². The van der Waals surface area contributed by atoms with Crippen LogP contribution in [0.25, 0.3) is 0 Å². The first kappa shape index (κ1) is 21.8. The summed E-state index contributed by atoms with van der Waals surface area (Å²) in [5, 5.41) is 36.2. The normalized spacial score (nSPS) is 19.1. The van der Waals surface area contributed by atoms with E-state index in [4.69, 9.17) is 15.3 Å². The summed E-state index contributed by atoms with van der Waals surface area (Å²) in [5.74, 6) is -4.30. The summed E-state index contributed by atoms with van der Waals surface area (Å²) in [5.41, 5.74) is 0. The fourth-order valence-corrected chi connectivity index (χ4v) is 2.89. The standard InChI is InChI=1S/C15H25N3O8/c19-12(20)2-1-11(15(25)26)18-7-5-16(9-13(21)22)3-4-17(6-8-18)10-14(23)24/h11H,1-10H2,(H,19,20)(H,21,22)(H,23,24)(H,25,26). The predicted molar refractivity (Wildman–Crippen MR) is 88.0 cm³/mol. The molecule has 0 aromatic rings. The van der Waals surface area contributed by atoms with Crippen LogP contribution < -0.4 is 0 Å². The van der Waals surface area contributed by atoms with Crippen molar-refractivity contribution < 1.29 is 39.6 Å². The molecule has 1 atom stereocenters. The van der Waals surface area contributed by atoms with Gasteiger partial charge in [0.05, 0.1) is 13.1 Å². The van der Waals surface area contributed by atoms with Crippen LogP contribution in [0.1, 0.15) is 12.8 Å². The molecule has 1 aliphatic rings. The summed E-state index contributed by atoms with van der Waals surface area (Å²) >= 11 is 0. The molecule has 1 unspecified atom stereocenters. The Kier molecular flexibility index (Phi) is 8.96. The molecule has 1 aliphatic heterocycles. The van der Waals surface area contributed by atoms with Gasteiger partial charge in [-0.2, -0.15) is 0 Å². The van der Waals surface area contributed by atoms with E-state index in [0.29, 0.717) is 26.2 Å². The maximum absolute atomic E-state index is 11.6. The van der Waals surface area contributed by atoms with Gasteiger partial charge in [-0.15, -0.1) is 0 Å². The minimum atomic E-state index is -1.15. The van der Waals surface area contributed by atoms with Crippen molar-refractivity contribution >= 4 is 23.9 Å². The predicted octanol–water partition coefficient (Wildman–Crippen LogP) is -1.61. The largest absolute Gasteiger partial charge is 0.481 e. The Morgan fingerprint density at radius 3 is 1.46 bits per heavy atom. The fraction of sp³-hybridized carbons (Fsp3) is 0.733. The number of nitrogens with zero attached hydrogens (tertiary/aromatic N) is 3. The van der Waals surface area contributed by atoms with E-state index in [2.05, 4.69) is 0 Å². The molecular weight excluding hydrogens is 350 g/mol. The summed E-state index contributed by atoms with van der Waals surface area (Å²) in [6, 6.07) is -1.03. The maximum Gasteiger partial charge on any atom is 0.320 e. The molecule has 0 amide bonds. The molecule has 148 valence electrons. The van der Waals surface area contributed by atoms with Crippen LogP contribution in [0.3, 0.4) is 0 Å². The van der Waals surface area contributed by atoms with Crippen molar-refractivity contribution in [3.63, 3.8) is 0 Å². The molecule has 26 heavy (non-hydrogen) atoms. The van der Waals surface area contributed by atoms with E-state index in [1.165, 1.54) is 0 Å². The van der Waals surface area contributed by atoms with Gasteiger partial charge in [0, 0.05) is 45.7 Å². The molecule has 0 aliphatic carbocycles. The molecule has 1 saturated heterocycles. The van der Waals surface area contributed by atoms with Gasteiger partial charge in [-0.1, -0.05) is 0 Å². The maximum atomic E-state index is 11.6. The van der Waals surface area contributed by atoms with Crippen LogP contribution in [-0.4, -0.2) is 117 Å². The first-order valence-electron chi connectivity index (χ1n) is 8.26. The molecular formula is C15H25N3O8. The van der Waals surface area contributed by atoms with Crippen LogP contribution in [-0.2, 0) is 19.2 Å². The molecule has 1 rings (SSSR count). The number of carboxylic acid groups (broad SMARTS) is 4. The SMILES string of the molecule is O=C(O)CCC(C(=O)O)N1CCN(CC(=O)O)CCN(CC(=O)O)CC1. The zero-order chi connectivity index (χ0) is 19.7. The topological polar surface area (TPSA) is 159 Å². The molecule has 0 saturated carbocycles. The second kappa shape index (κ2) is 10.7. The van der Waals surface area contributed by atoms with E-state index in [-0.39, 0.29) is 39.0 Å². The molecule has 4 N–H and O–H groups in total. The molecule has 11 heteroatoms. The molecule has 1 heterocycles. The fourth-order valence-electron chi connectivity index (χ4n) is 2.89. The van der Waals surface area contributed by atoms with Crippen molar-refractivity contribution in [2.45, 2.75) is 18.9 Å². The number of hydrogen-bond acceptors (Lipinski definition) is 7. The molecule has 0 aromatic heterocycles. The van der Waals surface area contributed by atoms with Crippen LogP contribution in [0.15, 0.2) is 0 Å². The van der Waals surface area contributed by atoms with E-state index in [0.717, 1.165) is 0 Å². The van der Waals surface area contributed by atoms with E-state index < -0.39 is 29.9 Å². The molecule has 1 fully saturated rings. The van der Waals surface area contributed by atoms with Gasteiger partial charge in [0.25, 0.3) is 0 Å². The average Bonchev–Trinajstić information content (AvgIpc) is 2.59. The minimum Gasteiger partial charge on any atom is -0.481 e. The van der Waals surface area contributed by atoms with Crippen molar-refractivity contribution in [3.8, 4) is 0 Å². The van der Waals surface area contributed by atoms with Gasteiger partial charge in [0.2, 0.25) is 0 Å². The highest BCUT2D eigenvalue weighted by Gasteiger charge is 2.28. The van der Waals surface area contributed by atoms with Crippen LogP contribution in [0.2, 0.25) is 0 Å². The Morgan fingerprint density at radius 2 is 1.12 bits per heavy atom. The van der Waals surface area contributed by atoms with Crippen molar-refractivity contribution in [2.75, 3.05) is 52.4 Å². The van der Waals surface area contributed by atoms with E-state index in [1.807, 2.05) is 0 Å². The van der Waals surface area contributed by atoms with E-state index in [9.17, 15) is 24.3 Å². The van der Waals surface area contributed by atoms with Crippen molar-refractivity contribution in [3.05, 3.63) is 0 Å². The zero-order valence-corrected chi connectivity index (χ0v) is 14.4. The highest BCUT2D eigenvalue weighted by atomic mass is 16.4. The van der Waals surface area contributed by atoms with E-state index >= 15 is 0 Å². The monoisotopic (exact) mass is 375 g/mol. The number of carboxylic acids is 4. The lowest BCUT2D eigenvalue weighted by atomic mass is 10.1. The van der Waals surface area contributed by atoms with Crippen LogP contribution in [0.4, 0.5) is 0 Å². The Labute approximate surface area is 150 Å². The van der Waals surface area contributed by atoms with Gasteiger partial charge >= 0.3 is 23.9 Å². The zero-order valence-electron chi connectivity index (χ0n) is 14.4. The molecule has 0 radical (unpaired) electrons. The Morgan fingerprint density at radius 1 is 0.692 bits per heavy atom. The molecule has 0 aromatic carbocycles. The average molecular weight is 375 g/mol. The van der Waals surface area contributed by atoms with Crippen LogP contribution >= 0.6 is 0 Å². The third-order valence-corrected chi connectivity index (χ3v) is 4.21. The van der Waals surface area contributed by atoms with Crippen LogP contribution in [0.5, 0.6) is 0 Å². The third-order valence-electron chi connectivity index (χ3n) is 4.21. The summed E-state index contributed by atoms with van der Waals surface area (Å²) in [4.78, 5) is 49.1. The summed E-state index contributed by atoms with van der Waals surface area (Å²) in [6.07, 6.45) is -0.381. The minimum absolute atomic E-state index is 0.0808. The van der Waals surface area contributed by atoms with Gasteiger partial charge < -0.3 is 20.4 Å². The Hall–Kier alpha value is -2.24. The van der Waals surface area contributed by atoms with Crippen LogP contribution in [0, 0.1) is 0 Å². The Bertz CT molecular complexity index is 499. The highest BCUT2D eigenvalue weighted by molar-refractivity contribution is 5.75. The number of rotatable bonds is 9. The third kappa shape index (κ3) is 8.23. The smallest absolute Gasteiger partial charge is 0.320 e. The molecule has 0 bridgehead atoms. The van der Waals surface area contributed by atoms with E-state index in [1.54, 1.807) is 14.7 Å². The lowest BCUT2D eigenvalue weighted by molar-refractivity contribution is -0.145. The van der Waals surface area contributed by atoms with Gasteiger partial charge in [0.1, 0.15) is 6.04 Å². The number of hydrogen-bond donors (Lipinski definition) is 4. The number of carbonyl (C=O) groups is 4. The van der Waals surface area contributed by atoms with Gasteiger partial charge in [-0.05, 0) is 6.42 Å². The lowest BCUT2D eigenvalue weighted by Crippen LogP contribution is -2.47. The Balaban J connectivity index is 2.90. The quantitative estimate of drug-likeness (QED) is 0.367. The molecule has 11 nitrogen and oxygen atoms in total.